The van der Waals surface area contributed by atoms with E-state index in [-0.39, 0.29) is 16.4 Å². The Morgan fingerprint density at radius 1 is 1.33 bits per heavy atom. The lowest BCUT2D eigenvalue weighted by Crippen LogP contribution is -2.37. The van der Waals surface area contributed by atoms with E-state index < -0.39 is 16.1 Å². The predicted octanol–water partition coefficient (Wildman–Crippen LogP) is 1.49. The fourth-order valence-corrected chi connectivity index (χ4v) is 2.85. The summed E-state index contributed by atoms with van der Waals surface area (Å²) in [6.07, 6.45) is 5.29. The first-order valence-electron chi connectivity index (χ1n) is 5.40. The smallest absolute Gasteiger partial charge is 0.207 e. The van der Waals surface area contributed by atoms with E-state index in [0.29, 0.717) is 0 Å². The van der Waals surface area contributed by atoms with Gasteiger partial charge in [0.1, 0.15) is 6.07 Å². The van der Waals surface area contributed by atoms with Crippen LogP contribution in [0.2, 0.25) is 0 Å². The molecule has 5 heteroatoms. The number of rotatable bonds is 4. The standard InChI is InChI=1S/C13H14N2O2S/c1-4-12(10(2)3)15-18(16,17)13-8-6-5-7-11(13)9-14/h1,5-8,10,12,15H,2-3H3. The van der Waals surface area contributed by atoms with Gasteiger partial charge in [-0.25, -0.2) is 8.42 Å². The molecule has 1 N–H and O–H groups in total. The van der Waals surface area contributed by atoms with Crippen LogP contribution in [0.5, 0.6) is 0 Å². The zero-order chi connectivity index (χ0) is 13.8. The summed E-state index contributed by atoms with van der Waals surface area (Å²) in [5.74, 6) is 2.36. The van der Waals surface area contributed by atoms with Gasteiger partial charge in [0.05, 0.1) is 16.5 Å². The van der Waals surface area contributed by atoms with E-state index in [0.717, 1.165) is 0 Å². The zero-order valence-corrected chi connectivity index (χ0v) is 11.0. The molecule has 1 unspecified atom stereocenters. The van der Waals surface area contributed by atoms with Gasteiger partial charge >= 0.3 is 0 Å². The quantitative estimate of drug-likeness (QED) is 0.836. The molecule has 4 nitrogen and oxygen atoms in total. The van der Waals surface area contributed by atoms with E-state index in [4.69, 9.17) is 11.7 Å². The minimum atomic E-state index is -3.77. The average Bonchev–Trinajstić information content (AvgIpc) is 2.35. The van der Waals surface area contributed by atoms with Gasteiger partial charge in [-0.2, -0.15) is 9.98 Å². The van der Waals surface area contributed by atoms with Gasteiger partial charge in [-0.3, -0.25) is 0 Å². The van der Waals surface area contributed by atoms with Crippen LogP contribution < -0.4 is 4.72 Å². The van der Waals surface area contributed by atoms with Crippen LogP contribution in [-0.4, -0.2) is 14.5 Å². The summed E-state index contributed by atoms with van der Waals surface area (Å²) in [5, 5.41) is 8.90. The predicted molar refractivity (Wildman–Crippen MR) is 68.9 cm³/mol. The molecular weight excluding hydrogens is 248 g/mol. The first-order chi connectivity index (χ1) is 8.42. The SMILES string of the molecule is C#CC(NS(=O)(=O)c1ccccc1C#N)C(C)C. The lowest BCUT2D eigenvalue weighted by atomic mass is 10.1. The number of nitrogens with zero attached hydrogens (tertiary/aromatic N) is 1. The van der Waals surface area contributed by atoms with Crippen LogP contribution in [0.4, 0.5) is 0 Å². The maximum absolute atomic E-state index is 12.1. The Bertz CT molecular complexity index is 607. The van der Waals surface area contributed by atoms with Crippen molar-refractivity contribution in [2.75, 3.05) is 0 Å². The van der Waals surface area contributed by atoms with Crippen LogP contribution in [0.25, 0.3) is 0 Å². The maximum atomic E-state index is 12.1. The highest BCUT2D eigenvalue weighted by Gasteiger charge is 2.23. The second kappa shape index (κ2) is 5.68. The van der Waals surface area contributed by atoms with Crippen molar-refractivity contribution >= 4 is 10.0 Å². The summed E-state index contributed by atoms with van der Waals surface area (Å²) < 4.78 is 26.7. The summed E-state index contributed by atoms with van der Waals surface area (Å²) in [6.45, 7) is 3.65. The van der Waals surface area contributed by atoms with Crippen molar-refractivity contribution in [2.45, 2.75) is 24.8 Å². The molecule has 0 aliphatic carbocycles. The van der Waals surface area contributed by atoms with Crippen LogP contribution in [0, 0.1) is 29.6 Å². The van der Waals surface area contributed by atoms with Crippen LogP contribution >= 0.6 is 0 Å². The average molecular weight is 262 g/mol. The first-order valence-corrected chi connectivity index (χ1v) is 6.88. The second-order valence-electron chi connectivity index (χ2n) is 4.12. The Balaban J connectivity index is 3.16. The highest BCUT2D eigenvalue weighted by Crippen LogP contribution is 2.15. The molecular formula is C13H14N2O2S. The van der Waals surface area contributed by atoms with Crippen molar-refractivity contribution in [1.29, 1.82) is 5.26 Å². The third kappa shape index (κ3) is 3.10. The number of hydrogen-bond acceptors (Lipinski definition) is 3. The van der Waals surface area contributed by atoms with E-state index in [1.54, 1.807) is 12.1 Å². The number of benzene rings is 1. The molecule has 1 atom stereocenters. The molecule has 0 radical (unpaired) electrons. The summed E-state index contributed by atoms with van der Waals surface area (Å²) in [7, 11) is -3.77. The largest absolute Gasteiger partial charge is 0.242 e. The molecule has 18 heavy (non-hydrogen) atoms. The summed E-state index contributed by atoms with van der Waals surface area (Å²) in [6, 6.07) is 7.27. The Morgan fingerprint density at radius 3 is 2.44 bits per heavy atom. The van der Waals surface area contributed by atoms with Crippen LogP contribution in [-0.2, 0) is 10.0 Å². The molecule has 0 saturated heterocycles. The monoisotopic (exact) mass is 262 g/mol. The van der Waals surface area contributed by atoms with Crippen molar-refractivity contribution in [2.24, 2.45) is 5.92 Å². The van der Waals surface area contributed by atoms with E-state index in [1.165, 1.54) is 12.1 Å². The molecule has 0 aliphatic heterocycles. The van der Waals surface area contributed by atoms with Gasteiger partial charge in [-0.05, 0) is 18.1 Å². The molecule has 0 aromatic heterocycles. The zero-order valence-electron chi connectivity index (χ0n) is 10.2. The van der Waals surface area contributed by atoms with E-state index in [2.05, 4.69) is 10.6 Å². The van der Waals surface area contributed by atoms with Crippen molar-refractivity contribution in [3.63, 3.8) is 0 Å². The molecule has 1 aromatic rings. The lowest BCUT2D eigenvalue weighted by Gasteiger charge is -2.17. The number of terminal acetylenes is 1. The van der Waals surface area contributed by atoms with Gasteiger partial charge in [-0.15, -0.1) is 6.42 Å². The molecule has 1 aromatic carbocycles. The van der Waals surface area contributed by atoms with Crippen LogP contribution in [0.1, 0.15) is 19.4 Å². The van der Waals surface area contributed by atoms with E-state index in [9.17, 15) is 8.42 Å². The number of sulfonamides is 1. The van der Waals surface area contributed by atoms with Gasteiger partial charge in [-0.1, -0.05) is 31.9 Å². The van der Waals surface area contributed by atoms with Crippen molar-refractivity contribution in [3.8, 4) is 18.4 Å². The maximum Gasteiger partial charge on any atom is 0.242 e. The van der Waals surface area contributed by atoms with E-state index in [1.807, 2.05) is 19.9 Å². The van der Waals surface area contributed by atoms with Crippen LogP contribution in [0.15, 0.2) is 29.2 Å². The van der Waals surface area contributed by atoms with Gasteiger partial charge < -0.3 is 0 Å². The lowest BCUT2D eigenvalue weighted by molar-refractivity contribution is 0.518. The highest BCUT2D eigenvalue weighted by molar-refractivity contribution is 7.89. The molecule has 0 amide bonds. The summed E-state index contributed by atoms with van der Waals surface area (Å²) >= 11 is 0. The minimum Gasteiger partial charge on any atom is -0.207 e. The van der Waals surface area contributed by atoms with Gasteiger partial charge in [0, 0.05) is 0 Å². The molecule has 0 aliphatic rings. The molecule has 0 spiro atoms. The molecule has 0 saturated carbocycles. The molecule has 1 rings (SSSR count). The highest BCUT2D eigenvalue weighted by atomic mass is 32.2. The molecule has 94 valence electrons. The summed E-state index contributed by atoms with van der Waals surface area (Å²) in [5.41, 5.74) is 0.101. The Morgan fingerprint density at radius 2 is 1.94 bits per heavy atom. The van der Waals surface area contributed by atoms with Gasteiger partial charge in [0.15, 0.2) is 0 Å². The third-order valence-electron chi connectivity index (χ3n) is 2.43. The number of hydrogen-bond donors (Lipinski definition) is 1. The Labute approximate surface area is 108 Å². The van der Waals surface area contributed by atoms with Gasteiger partial charge in [0.2, 0.25) is 10.0 Å². The third-order valence-corrected chi connectivity index (χ3v) is 3.92. The normalized spacial score (nSPS) is 12.7. The molecule has 0 heterocycles. The van der Waals surface area contributed by atoms with Crippen LogP contribution in [0.3, 0.4) is 0 Å². The van der Waals surface area contributed by atoms with Crippen molar-refractivity contribution < 1.29 is 8.42 Å². The minimum absolute atomic E-state index is 0.0287. The van der Waals surface area contributed by atoms with Gasteiger partial charge in [0.25, 0.3) is 0 Å². The summed E-state index contributed by atoms with van der Waals surface area (Å²) in [4.78, 5) is -0.0478. The molecule has 0 fully saturated rings. The Hall–Kier alpha value is -1.82. The number of nitrogens with one attached hydrogen (secondary N) is 1. The first kappa shape index (κ1) is 14.2. The van der Waals surface area contributed by atoms with E-state index >= 15 is 0 Å². The fraction of sp³-hybridized carbons (Fsp3) is 0.308. The second-order valence-corrected chi connectivity index (χ2v) is 5.80. The fourth-order valence-electron chi connectivity index (χ4n) is 1.39. The Kier molecular flexibility index (Phi) is 4.49. The number of nitriles is 1. The topological polar surface area (TPSA) is 70.0 Å². The van der Waals surface area contributed by atoms with Crippen molar-refractivity contribution in [3.05, 3.63) is 29.8 Å². The molecule has 0 bridgehead atoms. The van der Waals surface area contributed by atoms with Crippen molar-refractivity contribution in [1.82, 2.24) is 4.72 Å².